The summed E-state index contributed by atoms with van der Waals surface area (Å²) in [6.07, 6.45) is 1.90. The van der Waals surface area contributed by atoms with E-state index in [0.29, 0.717) is 0 Å². The number of benzene rings is 1. The quantitative estimate of drug-likeness (QED) is 0.619. The lowest BCUT2D eigenvalue weighted by Crippen LogP contribution is -1.77. The summed E-state index contributed by atoms with van der Waals surface area (Å²) in [5, 5.41) is 0. The number of nitrogens with zero attached hydrogens (tertiary/aromatic N) is 1. The molecule has 2 aromatic heterocycles. The van der Waals surface area contributed by atoms with Gasteiger partial charge in [0.25, 0.3) is 0 Å². The molecular weight excluding hydrogens is 186 g/mol. The van der Waals surface area contributed by atoms with E-state index >= 15 is 0 Å². The Hall–Kier alpha value is -2.03. The number of aromatic amines is 2. The smallest absolute Gasteiger partial charge is 0.154 e. The second-order valence-electron chi connectivity index (χ2n) is 3.69. The fraction of sp³-hybridized carbons (Fsp3) is 0.0833. The molecule has 0 spiro atoms. The molecule has 0 radical (unpaired) electrons. The van der Waals surface area contributed by atoms with Crippen LogP contribution in [0.1, 0.15) is 5.56 Å². The molecule has 1 aromatic carbocycles. The molecule has 0 unspecified atom stereocenters. The van der Waals surface area contributed by atoms with Gasteiger partial charge in [-0.1, -0.05) is 6.07 Å². The van der Waals surface area contributed by atoms with Gasteiger partial charge in [0.05, 0.1) is 16.7 Å². The van der Waals surface area contributed by atoms with E-state index in [-0.39, 0.29) is 0 Å². The minimum atomic E-state index is 0.889. The Kier molecular flexibility index (Phi) is 1.65. The van der Waals surface area contributed by atoms with Gasteiger partial charge in [-0.3, -0.25) is 0 Å². The fourth-order valence-electron chi connectivity index (χ4n) is 1.73. The number of rotatable bonds is 1. The summed E-state index contributed by atoms with van der Waals surface area (Å²) in [6.45, 7) is 2.08. The minimum absolute atomic E-state index is 0.889. The SMILES string of the molecule is Cc1ccc2nc(-c3ccc[nH]3)[nH]c2c1. The van der Waals surface area contributed by atoms with Gasteiger partial charge in [0.1, 0.15) is 0 Å². The molecule has 0 bridgehead atoms. The number of nitrogens with one attached hydrogen (secondary N) is 2. The van der Waals surface area contributed by atoms with Crippen LogP contribution in [0.2, 0.25) is 0 Å². The van der Waals surface area contributed by atoms with E-state index in [4.69, 9.17) is 0 Å². The van der Waals surface area contributed by atoms with Crippen LogP contribution >= 0.6 is 0 Å². The first kappa shape index (κ1) is 8.29. The van der Waals surface area contributed by atoms with Crippen molar-refractivity contribution < 1.29 is 0 Å². The Morgan fingerprint density at radius 3 is 2.93 bits per heavy atom. The third-order valence-corrected chi connectivity index (χ3v) is 2.49. The average molecular weight is 197 g/mol. The van der Waals surface area contributed by atoms with E-state index in [0.717, 1.165) is 22.6 Å². The third kappa shape index (κ3) is 1.32. The number of aromatic nitrogens is 3. The normalized spacial score (nSPS) is 11.0. The summed E-state index contributed by atoms with van der Waals surface area (Å²) in [5.74, 6) is 0.889. The largest absolute Gasteiger partial charge is 0.359 e. The van der Waals surface area contributed by atoms with Crippen LogP contribution in [0, 0.1) is 6.92 Å². The second kappa shape index (κ2) is 2.98. The molecule has 3 heteroatoms. The zero-order chi connectivity index (χ0) is 10.3. The van der Waals surface area contributed by atoms with Crippen LogP contribution in [0.25, 0.3) is 22.6 Å². The lowest BCUT2D eigenvalue weighted by molar-refractivity contribution is 1.27. The standard InChI is InChI=1S/C12H11N3/c1-8-4-5-9-11(7-8)15-12(14-9)10-3-2-6-13-10/h2-7,13H,1H3,(H,14,15). The monoisotopic (exact) mass is 197 g/mol. The van der Waals surface area contributed by atoms with Crippen LogP contribution in [0.15, 0.2) is 36.5 Å². The predicted molar refractivity (Wildman–Crippen MR) is 60.6 cm³/mol. The Labute approximate surface area is 87.2 Å². The lowest BCUT2D eigenvalue weighted by atomic mass is 10.2. The molecule has 3 rings (SSSR count). The van der Waals surface area contributed by atoms with Gasteiger partial charge in [-0.05, 0) is 36.8 Å². The number of fused-ring (bicyclic) bond motifs is 1. The molecule has 2 N–H and O–H groups in total. The zero-order valence-corrected chi connectivity index (χ0v) is 8.41. The van der Waals surface area contributed by atoms with Gasteiger partial charge >= 0.3 is 0 Å². The Morgan fingerprint density at radius 1 is 1.20 bits per heavy atom. The van der Waals surface area contributed by atoms with E-state index in [1.54, 1.807) is 0 Å². The number of hydrogen-bond acceptors (Lipinski definition) is 1. The van der Waals surface area contributed by atoms with Crippen LogP contribution in [0.4, 0.5) is 0 Å². The Balaban J connectivity index is 2.22. The van der Waals surface area contributed by atoms with Crippen molar-refractivity contribution in [3.8, 4) is 11.5 Å². The van der Waals surface area contributed by atoms with Gasteiger partial charge in [0.2, 0.25) is 0 Å². The molecule has 3 nitrogen and oxygen atoms in total. The third-order valence-electron chi connectivity index (χ3n) is 2.49. The highest BCUT2D eigenvalue weighted by Crippen LogP contribution is 2.19. The zero-order valence-electron chi connectivity index (χ0n) is 8.41. The van der Waals surface area contributed by atoms with Crippen LogP contribution in [-0.2, 0) is 0 Å². The van der Waals surface area contributed by atoms with E-state index in [1.807, 2.05) is 24.4 Å². The molecule has 0 atom stereocenters. The summed E-state index contributed by atoms with van der Waals surface area (Å²) < 4.78 is 0. The van der Waals surface area contributed by atoms with Gasteiger partial charge in [-0.2, -0.15) is 0 Å². The molecule has 3 aromatic rings. The number of H-pyrrole nitrogens is 2. The summed E-state index contributed by atoms with van der Waals surface area (Å²) in [4.78, 5) is 10.9. The molecule has 2 heterocycles. The molecule has 0 saturated carbocycles. The fourth-order valence-corrected chi connectivity index (χ4v) is 1.73. The first-order chi connectivity index (χ1) is 7.33. The van der Waals surface area contributed by atoms with E-state index in [2.05, 4.69) is 34.0 Å². The lowest BCUT2D eigenvalue weighted by Gasteiger charge is -1.89. The van der Waals surface area contributed by atoms with E-state index in [9.17, 15) is 0 Å². The van der Waals surface area contributed by atoms with Crippen molar-refractivity contribution in [2.24, 2.45) is 0 Å². The molecule has 0 fully saturated rings. The number of aryl methyl sites for hydroxylation is 1. The van der Waals surface area contributed by atoms with Crippen molar-refractivity contribution in [1.82, 2.24) is 15.0 Å². The summed E-state index contributed by atoms with van der Waals surface area (Å²) in [7, 11) is 0. The van der Waals surface area contributed by atoms with Crippen LogP contribution in [0.3, 0.4) is 0 Å². The summed E-state index contributed by atoms with van der Waals surface area (Å²) >= 11 is 0. The maximum atomic E-state index is 4.51. The molecule has 74 valence electrons. The topological polar surface area (TPSA) is 44.5 Å². The highest BCUT2D eigenvalue weighted by Gasteiger charge is 2.04. The molecule has 0 amide bonds. The van der Waals surface area contributed by atoms with Crippen LogP contribution in [-0.4, -0.2) is 15.0 Å². The molecule has 15 heavy (non-hydrogen) atoms. The van der Waals surface area contributed by atoms with Gasteiger partial charge in [0, 0.05) is 6.20 Å². The van der Waals surface area contributed by atoms with E-state index < -0.39 is 0 Å². The average Bonchev–Trinajstić information content (AvgIpc) is 2.84. The molecule has 0 aliphatic heterocycles. The second-order valence-corrected chi connectivity index (χ2v) is 3.69. The minimum Gasteiger partial charge on any atom is -0.359 e. The van der Waals surface area contributed by atoms with Crippen molar-refractivity contribution in [2.75, 3.05) is 0 Å². The van der Waals surface area contributed by atoms with Crippen molar-refractivity contribution >= 4 is 11.0 Å². The summed E-state index contributed by atoms with van der Waals surface area (Å²) in [5.41, 5.74) is 4.35. The van der Waals surface area contributed by atoms with Crippen molar-refractivity contribution in [3.05, 3.63) is 42.1 Å². The van der Waals surface area contributed by atoms with Gasteiger partial charge in [0.15, 0.2) is 5.82 Å². The first-order valence-electron chi connectivity index (χ1n) is 4.93. The highest BCUT2D eigenvalue weighted by molar-refractivity contribution is 5.79. The van der Waals surface area contributed by atoms with Gasteiger partial charge in [-0.15, -0.1) is 0 Å². The maximum Gasteiger partial charge on any atom is 0.154 e. The first-order valence-corrected chi connectivity index (χ1v) is 4.93. The molecule has 0 saturated heterocycles. The molecular formula is C12H11N3. The van der Waals surface area contributed by atoms with Gasteiger partial charge in [-0.25, -0.2) is 4.98 Å². The maximum absolute atomic E-state index is 4.51. The molecule has 0 aliphatic carbocycles. The molecule has 0 aliphatic rings. The number of hydrogen-bond donors (Lipinski definition) is 2. The summed E-state index contributed by atoms with van der Waals surface area (Å²) in [6, 6.07) is 10.2. The van der Waals surface area contributed by atoms with Crippen LogP contribution in [0.5, 0.6) is 0 Å². The van der Waals surface area contributed by atoms with Crippen LogP contribution < -0.4 is 0 Å². The highest BCUT2D eigenvalue weighted by atomic mass is 14.9. The number of imidazole rings is 1. The van der Waals surface area contributed by atoms with Crippen molar-refractivity contribution in [2.45, 2.75) is 6.92 Å². The Morgan fingerprint density at radius 2 is 2.13 bits per heavy atom. The van der Waals surface area contributed by atoms with Crippen molar-refractivity contribution in [3.63, 3.8) is 0 Å². The van der Waals surface area contributed by atoms with E-state index in [1.165, 1.54) is 5.56 Å². The van der Waals surface area contributed by atoms with Gasteiger partial charge < -0.3 is 9.97 Å². The Bertz CT molecular complexity index is 590. The predicted octanol–water partition coefficient (Wildman–Crippen LogP) is 2.87. The van der Waals surface area contributed by atoms with Crippen molar-refractivity contribution in [1.29, 1.82) is 0 Å².